The SMILES string of the molecule is Nc1cc(C(=O)NCc2cccc(F)c2)c(F)cc1Cl. The molecule has 0 aliphatic carbocycles. The zero-order valence-corrected chi connectivity index (χ0v) is 11.0. The number of amides is 1. The largest absolute Gasteiger partial charge is 0.397 e. The Morgan fingerprint density at radius 1 is 1.25 bits per heavy atom. The molecule has 2 rings (SSSR count). The van der Waals surface area contributed by atoms with Crippen molar-refractivity contribution in [3.05, 3.63) is 64.2 Å². The fraction of sp³-hybridized carbons (Fsp3) is 0.0714. The Bertz CT molecular complexity index is 662. The second-order valence-corrected chi connectivity index (χ2v) is 4.57. The zero-order chi connectivity index (χ0) is 14.7. The summed E-state index contributed by atoms with van der Waals surface area (Å²) in [4.78, 5) is 11.8. The predicted octanol–water partition coefficient (Wildman–Crippen LogP) is 3.13. The van der Waals surface area contributed by atoms with E-state index in [-0.39, 0.29) is 22.8 Å². The summed E-state index contributed by atoms with van der Waals surface area (Å²) in [6, 6.07) is 7.90. The maximum Gasteiger partial charge on any atom is 0.254 e. The van der Waals surface area contributed by atoms with Crippen molar-refractivity contribution in [2.24, 2.45) is 0 Å². The van der Waals surface area contributed by atoms with Gasteiger partial charge in [-0.05, 0) is 29.8 Å². The van der Waals surface area contributed by atoms with Crippen LogP contribution in [0.15, 0.2) is 36.4 Å². The molecule has 104 valence electrons. The molecule has 0 radical (unpaired) electrons. The topological polar surface area (TPSA) is 55.1 Å². The molecule has 20 heavy (non-hydrogen) atoms. The molecule has 0 aliphatic heterocycles. The highest BCUT2D eigenvalue weighted by atomic mass is 35.5. The average Bonchev–Trinajstić information content (AvgIpc) is 2.40. The van der Waals surface area contributed by atoms with Gasteiger partial charge in [0.25, 0.3) is 5.91 Å². The van der Waals surface area contributed by atoms with E-state index in [2.05, 4.69) is 5.32 Å². The molecule has 6 heteroatoms. The Labute approximate surface area is 119 Å². The van der Waals surface area contributed by atoms with Gasteiger partial charge in [0, 0.05) is 6.54 Å². The van der Waals surface area contributed by atoms with Crippen molar-refractivity contribution >= 4 is 23.2 Å². The quantitative estimate of drug-likeness (QED) is 0.855. The number of carbonyl (C=O) groups excluding carboxylic acids is 1. The van der Waals surface area contributed by atoms with Crippen LogP contribution < -0.4 is 11.1 Å². The number of benzene rings is 2. The molecule has 1 amide bonds. The first-order valence-corrected chi connectivity index (χ1v) is 6.12. The van der Waals surface area contributed by atoms with Crippen molar-refractivity contribution in [1.82, 2.24) is 5.32 Å². The molecule has 2 aromatic rings. The van der Waals surface area contributed by atoms with Gasteiger partial charge in [-0.2, -0.15) is 0 Å². The van der Waals surface area contributed by atoms with Gasteiger partial charge in [-0.25, -0.2) is 8.78 Å². The lowest BCUT2D eigenvalue weighted by molar-refractivity contribution is 0.0947. The number of carbonyl (C=O) groups is 1. The lowest BCUT2D eigenvalue weighted by Crippen LogP contribution is -2.24. The molecule has 0 bridgehead atoms. The van der Waals surface area contributed by atoms with Crippen LogP contribution in [0.4, 0.5) is 14.5 Å². The van der Waals surface area contributed by atoms with E-state index in [1.807, 2.05) is 0 Å². The summed E-state index contributed by atoms with van der Waals surface area (Å²) in [5.74, 6) is -1.81. The fourth-order valence-electron chi connectivity index (χ4n) is 1.66. The second-order valence-electron chi connectivity index (χ2n) is 4.17. The van der Waals surface area contributed by atoms with Gasteiger partial charge in [-0.1, -0.05) is 23.7 Å². The van der Waals surface area contributed by atoms with Crippen molar-refractivity contribution in [2.75, 3.05) is 5.73 Å². The molecule has 0 spiro atoms. The maximum atomic E-state index is 13.6. The van der Waals surface area contributed by atoms with Gasteiger partial charge >= 0.3 is 0 Å². The van der Waals surface area contributed by atoms with E-state index < -0.39 is 17.5 Å². The van der Waals surface area contributed by atoms with Gasteiger partial charge < -0.3 is 11.1 Å². The van der Waals surface area contributed by atoms with E-state index in [1.165, 1.54) is 24.3 Å². The number of rotatable bonds is 3. The molecule has 0 fully saturated rings. The van der Waals surface area contributed by atoms with Gasteiger partial charge in [-0.3, -0.25) is 4.79 Å². The summed E-state index contributed by atoms with van der Waals surface area (Å²) < 4.78 is 26.6. The molecule has 3 nitrogen and oxygen atoms in total. The normalized spacial score (nSPS) is 10.3. The van der Waals surface area contributed by atoms with Crippen LogP contribution >= 0.6 is 11.6 Å². The first-order chi connectivity index (χ1) is 9.47. The van der Waals surface area contributed by atoms with E-state index in [0.717, 1.165) is 6.07 Å². The van der Waals surface area contributed by atoms with Crippen LogP contribution in [0.3, 0.4) is 0 Å². The lowest BCUT2D eigenvalue weighted by Gasteiger charge is -2.08. The third kappa shape index (κ3) is 3.24. The first-order valence-electron chi connectivity index (χ1n) is 5.74. The van der Waals surface area contributed by atoms with Crippen LogP contribution in [0.5, 0.6) is 0 Å². The molecule has 2 aromatic carbocycles. The third-order valence-corrected chi connectivity index (χ3v) is 3.00. The number of hydrogen-bond acceptors (Lipinski definition) is 2. The van der Waals surface area contributed by atoms with Gasteiger partial charge in [0.2, 0.25) is 0 Å². The van der Waals surface area contributed by atoms with E-state index in [9.17, 15) is 13.6 Å². The maximum absolute atomic E-state index is 13.6. The number of nitrogen functional groups attached to an aromatic ring is 1. The van der Waals surface area contributed by atoms with Crippen LogP contribution in [0.1, 0.15) is 15.9 Å². The van der Waals surface area contributed by atoms with Gasteiger partial charge in [0.1, 0.15) is 11.6 Å². The highest BCUT2D eigenvalue weighted by Gasteiger charge is 2.14. The number of nitrogens with one attached hydrogen (secondary N) is 1. The monoisotopic (exact) mass is 296 g/mol. The predicted molar refractivity (Wildman–Crippen MR) is 73.4 cm³/mol. The minimum Gasteiger partial charge on any atom is -0.397 e. The van der Waals surface area contributed by atoms with Crippen molar-refractivity contribution in [1.29, 1.82) is 0 Å². The Morgan fingerprint density at radius 3 is 2.70 bits per heavy atom. The summed E-state index contributed by atoms with van der Waals surface area (Å²) in [6.07, 6.45) is 0. The minimum absolute atomic E-state index is 0.0455. The molecule has 3 N–H and O–H groups in total. The highest BCUT2D eigenvalue weighted by molar-refractivity contribution is 6.33. The molecule has 0 aromatic heterocycles. The van der Waals surface area contributed by atoms with Crippen LogP contribution in [0.2, 0.25) is 5.02 Å². The van der Waals surface area contributed by atoms with Crippen LogP contribution in [-0.2, 0) is 6.54 Å². The number of hydrogen-bond donors (Lipinski definition) is 2. The molecule has 0 heterocycles. The van der Waals surface area contributed by atoms with Crippen LogP contribution in [-0.4, -0.2) is 5.91 Å². The molecular weight excluding hydrogens is 286 g/mol. The Balaban J connectivity index is 2.11. The van der Waals surface area contributed by atoms with Crippen molar-refractivity contribution in [3.63, 3.8) is 0 Å². The Kier molecular flexibility index (Phi) is 4.20. The smallest absolute Gasteiger partial charge is 0.254 e. The Hall–Kier alpha value is -2.14. The van der Waals surface area contributed by atoms with Gasteiger partial charge in [0.15, 0.2) is 0 Å². The van der Waals surface area contributed by atoms with E-state index in [4.69, 9.17) is 17.3 Å². The van der Waals surface area contributed by atoms with E-state index in [0.29, 0.717) is 5.56 Å². The summed E-state index contributed by atoms with van der Waals surface area (Å²) in [5, 5.41) is 2.53. The molecule has 0 saturated heterocycles. The highest BCUT2D eigenvalue weighted by Crippen LogP contribution is 2.22. The minimum atomic E-state index is -0.763. The molecule has 0 atom stereocenters. The standard InChI is InChI=1S/C14H11ClF2N2O/c15-11-6-12(17)10(5-13(11)18)14(20)19-7-8-2-1-3-9(16)4-8/h1-6H,7,18H2,(H,19,20). The van der Waals surface area contributed by atoms with Crippen LogP contribution in [0, 0.1) is 11.6 Å². The summed E-state index contributed by atoms with van der Waals surface area (Å²) in [6.45, 7) is 0.0819. The summed E-state index contributed by atoms with van der Waals surface area (Å²) in [5.41, 5.74) is 6.01. The fourth-order valence-corrected chi connectivity index (χ4v) is 1.81. The van der Waals surface area contributed by atoms with E-state index >= 15 is 0 Å². The lowest BCUT2D eigenvalue weighted by atomic mass is 10.1. The van der Waals surface area contributed by atoms with E-state index in [1.54, 1.807) is 6.07 Å². The number of nitrogens with two attached hydrogens (primary N) is 1. The third-order valence-electron chi connectivity index (χ3n) is 2.67. The van der Waals surface area contributed by atoms with Crippen molar-refractivity contribution in [3.8, 4) is 0 Å². The van der Waals surface area contributed by atoms with Gasteiger partial charge in [-0.15, -0.1) is 0 Å². The molecular formula is C14H11ClF2N2O. The van der Waals surface area contributed by atoms with Gasteiger partial charge in [0.05, 0.1) is 16.3 Å². The first kappa shape index (κ1) is 14.3. The zero-order valence-electron chi connectivity index (χ0n) is 10.3. The Morgan fingerprint density at radius 2 is 2.00 bits per heavy atom. The second kappa shape index (κ2) is 5.88. The summed E-state index contributed by atoms with van der Waals surface area (Å²) in [7, 11) is 0. The van der Waals surface area contributed by atoms with Crippen molar-refractivity contribution < 1.29 is 13.6 Å². The van der Waals surface area contributed by atoms with Crippen LogP contribution in [0.25, 0.3) is 0 Å². The molecule has 0 aliphatic rings. The van der Waals surface area contributed by atoms with Crippen molar-refractivity contribution in [2.45, 2.75) is 6.54 Å². The molecule has 0 unspecified atom stereocenters. The molecule has 0 saturated carbocycles. The number of halogens is 3. The number of anilines is 1. The summed E-state index contributed by atoms with van der Waals surface area (Å²) >= 11 is 5.64. The average molecular weight is 297 g/mol.